The van der Waals surface area contributed by atoms with E-state index < -0.39 is 0 Å². The number of benzene rings is 1. The Kier molecular flexibility index (Phi) is 9.05. The minimum Gasteiger partial charge on any atom is -0.493 e. The van der Waals surface area contributed by atoms with Crippen molar-refractivity contribution in [3.05, 3.63) is 17.7 Å². The van der Waals surface area contributed by atoms with Gasteiger partial charge in [-0.25, -0.2) is 0 Å². The average Bonchev–Trinajstić information content (AvgIpc) is 2.74. The van der Waals surface area contributed by atoms with Crippen molar-refractivity contribution >= 4 is 17.7 Å². The van der Waals surface area contributed by atoms with Crippen LogP contribution in [0.4, 0.5) is 0 Å². The Bertz CT molecular complexity index is 623. The molecular formula is C20H34N4O3S. The van der Waals surface area contributed by atoms with Crippen molar-refractivity contribution in [2.45, 2.75) is 18.7 Å². The fourth-order valence-corrected chi connectivity index (χ4v) is 3.50. The van der Waals surface area contributed by atoms with E-state index >= 15 is 0 Å². The molecule has 8 heteroatoms. The largest absolute Gasteiger partial charge is 0.493 e. The maximum absolute atomic E-state index is 5.47. The highest BCUT2D eigenvalue weighted by atomic mass is 32.2. The maximum atomic E-state index is 5.47. The monoisotopic (exact) mass is 410 g/mol. The van der Waals surface area contributed by atoms with Crippen molar-refractivity contribution < 1.29 is 14.2 Å². The van der Waals surface area contributed by atoms with E-state index in [4.69, 9.17) is 14.2 Å². The van der Waals surface area contributed by atoms with Crippen LogP contribution >= 0.6 is 11.8 Å². The third-order valence-electron chi connectivity index (χ3n) is 4.96. The summed E-state index contributed by atoms with van der Waals surface area (Å²) >= 11 is 1.86. The molecule has 1 aliphatic heterocycles. The molecule has 1 saturated heterocycles. The van der Waals surface area contributed by atoms with Gasteiger partial charge in [-0.3, -0.25) is 9.89 Å². The van der Waals surface area contributed by atoms with Crippen LogP contribution in [0.25, 0.3) is 0 Å². The van der Waals surface area contributed by atoms with E-state index in [0.717, 1.165) is 50.8 Å². The van der Waals surface area contributed by atoms with Crippen LogP contribution < -0.4 is 19.5 Å². The summed E-state index contributed by atoms with van der Waals surface area (Å²) in [6.07, 6.45) is 2.14. The molecule has 1 N–H and O–H groups in total. The van der Waals surface area contributed by atoms with Gasteiger partial charge < -0.3 is 24.4 Å². The number of nitrogens with one attached hydrogen (secondary N) is 1. The standard InChI is InChI=1S/C20H34N4O3S/c1-15(28-6)13-22-20(21-2)24-9-7-23(8-10-24)14-16-11-17(25-3)19(27-5)18(12-16)26-4/h11-12,15H,7-10,13-14H2,1-6H3,(H,21,22). The number of aliphatic imine (C=N–C) groups is 1. The van der Waals surface area contributed by atoms with E-state index in [0.29, 0.717) is 22.5 Å². The summed E-state index contributed by atoms with van der Waals surface area (Å²) in [5.41, 5.74) is 1.15. The van der Waals surface area contributed by atoms with Gasteiger partial charge in [0.2, 0.25) is 5.75 Å². The van der Waals surface area contributed by atoms with Crippen LogP contribution in [0, 0.1) is 0 Å². The number of methoxy groups -OCH3 is 3. The number of ether oxygens (including phenoxy) is 3. The van der Waals surface area contributed by atoms with E-state index in [1.165, 1.54) is 0 Å². The van der Waals surface area contributed by atoms with Gasteiger partial charge in [-0.15, -0.1) is 0 Å². The SMILES string of the molecule is CN=C(NCC(C)SC)N1CCN(Cc2cc(OC)c(OC)c(OC)c2)CC1. The average molecular weight is 411 g/mol. The molecule has 0 spiro atoms. The highest BCUT2D eigenvalue weighted by Gasteiger charge is 2.21. The van der Waals surface area contributed by atoms with Crippen LogP contribution in [0.2, 0.25) is 0 Å². The molecule has 1 heterocycles. The molecule has 0 aliphatic carbocycles. The van der Waals surface area contributed by atoms with E-state index in [1.807, 2.05) is 30.9 Å². The number of nitrogens with zero attached hydrogens (tertiary/aromatic N) is 3. The second-order valence-electron chi connectivity index (χ2n) is 6.77. The molecule has 0 saturated carbocycles. The molecule has 1 aromatic carbocycles. The molecule has 158 valence electrons. The van der Waals surface area contributed by atoms with Crippen LogP contribution in [0.15, 0.2) is 17.1 Å². The van der Waals surface area contributed by atoms with Crippen LogP contribution in [0.3, 0.4) is 0 Å². The van der Waals surface area contributed by atoms with Gasteiger partial charge in [0, 0.05) is 51.6 Å². The predicted molar refractivity (Wildman–Crippen MR) is 117 cm³/mol. The van der Waals surface area contributed by atoms with Crippen molar-refractivity contribution in [3.8, 4) is 17.2 Å². The molecule has 1 unspecified atom stereocenters. The van der Waals surface area contributed by atoms with E-state index in [9.17, 15) is 0 Å². The number of piperazine rings is 1. The molecule has 1 atom stereocenters. The summed E-state index contributed by atoms with van der Waals surface area (Å²) in [6.45, 7) is 7.88. The highest BCUT2D eigenvalue weighted by molar-refractivity contribution is 7.99. The third kappa shape index (κ3) is 5.85. The summed E-state index contributed by atoms with van der Waals surface area (Å²) < 4.78 is 16.4. The second-order valence-corrected chi connectivity index (χ2v) is 8.05. The topological polar surface area (TPSA) is 58.6 Å². The lowest BCUT2D eigenvalue weighted by atomic mass is 10.1. The van der Waals surface area contributed by atoms with Gasteiger partial charge in [0.1, 0.15) is 0 Å². The van der Waals surface area contributed by atoms with Gasteiger partial charge in [0.05, 0.1) is 21.3 Å². The Morgan fingerprint density at radius 1 is 1.11 bits per heavy atom. The first-order valence-electron chi connectivity index (χ1n) is 9.55. The molecule has 28 heavy (non-hydrogen) atoms. The lowest BCUT2D eigenvalue weighted by Crippen LogP contribution is -2.52. The molecule has 1 aliphatic rings. The third-order valence-corrected chi connectivity index (χ3v) is 5.94. The summed E-state index contributed by atoms with van der Waals surface area (Å²) in [5.74, 6) is 3.02. The summed E-state index contributed by atoms with van der Waals surface area (Å²) in [7, 11) is 6.78. The number of hydrogen-bond donors (Lipinski definition) is 1. The van der Waals surface area contributed by atoms with Gasteiger partial charge >= 0.3 is 0 Å². The molecular weight excluding hydrogens is 376 g/mol. The Balaban J connectivity index is 1.95. The lowest BCUT2D eigenvalue weighted by Gasteiger charge is -2.36. The molecule has 1 aromatic rings. The Morgan fingerprint density at radius 3 is 2.18 bits per heavy atom. The smallest absolute Gasteiger partial charge is 0.203 e. The molecule has 7 nitrogen and oxygen atoms in total. The van der Waals surface area contributed by atoms with Gasteiger partial charge in [0.15, 0.2) is 17.5 Å². The van der Waals surface area contributed by atoms with E-state index in [1.54, 1.807) is 21.3 Å². The van der Waals surface area contributed by atoms with Crippen LogP contribution in [0.1, 0.15) is 12.5 Å². The van der Waals surface area contributed by atoms with Crippen LogP contribution in [-0.2, 0) is 6.54 Å². The van der Waals surface area contributed by atoms with Gasteiger partial charge in [0.25, 0.3) is 0 Å². The predicted octanol–water partition coefficient (Wildman–Crippen LogP) is 2.16. The number of guanidine groups is 1. The van der Waals surface area contributed by atoms with Gasteiger partial charge in [-0.1, -0.05) is 6.92 Å². The molecule has 0 bridgehead atoms. The highest BCUT2D eigenvalue weighted by Crippen LogP contribution is 2.38. The number of rotatable bonds is 8. The fraction of sp³-hybridized carbons (Fsp3) is 0.650. The Hall–Kier alpha value is -1.80. The number of thioether (sulfide) groups is 1. The maximum Gasteiger partial charge on any atom is 0.203 e. The normalized spacial score (nSPS) is 16.6. The minimum absolute atomic E-state index is 0.568. The van der Waals surface area contributed by atoms with Crippen molar-refractivity contribution in [1.29, 1.82) is 0 Å². The lowest BCUT2D eigenvalue weighted by molar-refractivity contribution is 0.172. The quantitative estimate of drug-likeness (QED) is 0.521. The molecule has 1 fully saturated rings. The zero-order valence-electron chi connectivity index (χ0n) is 17.9. The van der Waals surface area contributed by atoms with Gasteiger partial charge in [-0.2, -0.15) is 11.8 Å². The number of hydrogen-bond acceptors (Lipinski definition) is 6. The summed E-state index contributed by atoms with van der Waals surface area (Å²) in [5, 5.41) is 4.05. The van der Waals surface area contributed by atoms with Crippen LogP contribution in [0.5, 0.6) is 17.2 Å². The molecule has 2 rings (SSSR count). The van der Waals surface area contributed by atoms with Crippen molar-refractivity contribution in [1.82, 2.24) is 15.1 Å². The first-order valence-corrected chi connectivity index (χ1v) is 10.8. The van der Waals surface area contributed by atoms with E-state index in [2.05, 4.69) is 33.3 Å². The first-order chi connectivity index (χ1) is 13.6. The van der Waals surface area contributed by atoms with Crippen LogP contribution in [-0.4, -0.2) is 88.4 Å². The minimum atomic E-state index is 0.568. The Morgan fingerprint density at radius 2 is 1.71 bits per heavy atom. The van der Waals surface area contributed by atoms with Crippen molar-refractivity contribution in [2.24, 2.45) is 4.99 Å². The fourth-order valence-electron chi connectivity index (χ4n) is 3.25. The second kappa shape index (κ2) is 11.3. The first kappa shape index (κ1) is 22.5. The summed E-state index contributed by atoms with van der Waals surface area (Å²) in [4.78, 5) is 9.22. The molecule has 0 aromatic heterocycles. The zero-order chi connectivity index (χ0) is 20.5. The molecule has 0 radical (unpaired) electrons. The van der Waals surface area contributed by atoms with Gasteiger partial charge in [-0.05, 0) is 24.0 Å². The zero-order valence-corrected chi connectivity index (χ0v) is 18.8. The molecule has 0 amide bonds. The van der Waals surface area contributed by atoms with Crippen molar-refractivity contribution in [2.75, 3.05) is 67.4 Å². The van der Waals surface area contributed by atoms with Crippen molar-refractivity contribution in [3.63, 3.8) is 0 Å². The summed E-state index contributed by atoms with van der Waals surface area (Å²) in [6, 6.07) is 4.05. The van der Waals surface area contributed by atoms with E-state index in [-0.39, 0.29) is 0 Å². The Labute approximate surface area is 173 Å².